The number of alkyl halides is 3. The van der Waals surface area contributed by atoms with Crippen molar-refractivity contribution in [1.29, 1.82) is 0 Å². The second kappa shape index (κ2) is 13.3. The Balaban J connectivity index is 1.15. The molecule has 2 aromatic carbocycles. The van der Waals surface area contributed by atoms with Crippen LogP contribution < -0.4 is 15.8 Å². The molecule has 3 aromatic heterocycles. The van der Waals surface area contributed by atoms with E-state index in [9.17, 15) is 27.6 Å². The maximum absolute atomic E-state index is 14.4. The van der Waals surface area contributed by atoms with Crippen LogP contribution in [0.5, 0.6) is 0 Å². The Morgan fingerprint density at radius 3 is 2.42 bits per heavy atom. The average molecular weight is 748 g/mol. The van der Waals surface area contributed by atoms with Crippen LogP contribution in [-0.4, -0.2) is 72.0 Å². The highest BCUT2D eigenvalue weighted by Gasteiger charge is 2.48. The van der Waals surface area contributed by atoms with Gasteiger partial charge in [-0.2, -0.15) is 22.7 Å². The molecule has 6 heterocycles. The summed E-state index contributed by atoms with van der Waals surface area (Å²) in [6.45, 7) is 3.87. The van der Waals surface area contributed by atoms with Crippen LogP contribution in [0.4, 0.5) is 24.5 Å². The normalized spacial score (nSPS) is 16.8. The van der Waals surface area contributed by atoms with Crippen molar-refractivity contribution in [1.82, 2.24) is 34.0 Å². The molecular formula is C36H33ClF3N9O4. The molecule has 0 aliphatic carbocycles. The fourth-order valence-electron chi connectivity index (χ4n) is 7.40. The number of likely N-dealkylation sites (tertiary alicyclic amines) is 1. The van der Waals surface area contributed by atoms with Crippen molar-refractivity contribution in [2.75, 3.05) is 36.4 Å². The largest absolute Gasteiger partial charge is 0.416 e. The van der Waals surface area contributed by atoms with E-state index in [2.05, 4.69) is 25.3 Å². The molecule has 1 N–H and O–H groups in total. The standard InChI is InChI=1S/C36H33ClF3N9O4/c1-21-16-27(42-20-41-21)32(51)47-14-10-35(11-15-47)30-28(19-53-35)48(18-29(50)43-26-9-6-23(17-25(26)37)36(38,39)40)34-44-31(45-49(34)33(30)52)22-4-7-24(8-5-22)46-12-2-3-13-46/h4-9,16-17,20H,2-3,10-15,18-19H2,1H3,(H,43,50). The molecule has 2 fully saturated rings. The Hall–Kier alpha value is -5.35. The fourth-order valence-corrected chi connectivity index (χ4v) is 7.62. The van der Waals surface area contributed by atoms with Gasteiger partial charge < -0.3 is 24.4 Å². The molecule has 0 atom stereocenters. The molecule has 3 aliphatic rings. The summed E-state index contributed by atoms with van der Waals surface area (Å²) in [5, 5.41) is 6.93. The lowest BCUT2D eigenvalue weighted by atomic mass is 9.85. The number of nitrogens with one attached hydrogen (secondary N) is 1. The smallest absolute Gasteiger partial charge is 0.372 e. The van der Waals surface area contributed by atoms with Crippen LogP contribution in [0.15, 0.2) is 59.7 Å². The van der Waals surface area contributed by atoms with Gasteiger partial charge in [0, 0.05) is 43.1 Å². The van der Waals surface area contributed by atoms with Crippen LogP contribution in [0, 0.1) is 6.92 Å². The fraction of sp³-hybridized carbons (Fsp3) is 0.361. The highest BCUT2D eigenvalue weighted by molar-refractivity contribution is 6.33. The van der Waals surface area contributed by atoms with E-state index in [0.717, 1.165) is 49.8 Å². The summed E-state index contributed by atoms with van der Waals surface area (Å²) in [5.41, 5.74) is 0.927. The van der Waals surface area contributed by atoms with Gasteiger partial charge in [0.05, 0.1) is 34.1 Å². The lowest BCUT2D eigenvalue weighted by Gasteiger charge is -2.38. The van der Waals surface area contributed by atoms with Gasteiger partial charge in [-0.15, -0.1) is 5.10 Å². The average Bonchev–Trinajstić information content (AvgIpc) is 3.91. The van der Waals surface area contributed by atoms with Gasteiger partial charge in [0.2, 0.25) is 11.7 Å². The Morgan fingerprint density at radius 2 is 1.74 bits per heavy atom. The number of hydrogen-bond acceptors (Lipinski definition) is 9. The van der Waals surface area contributed by atoms with Gasteiger partial charge in [-0.25, -0.2) is 9.97 Å². The van der Waals surface area contributed by atoms with Crippen molar-refractivity contribution in [3.63, 3.8) is 0 Å². The first-order chi connectivity index (χ1) is 25.4. The number of benzene rings is 2. The highest BCUT2D eigenvalue weighted by atomic mass is 35.5. The van der Waals surface area contributed by atoms with E-state index in [0.29, 0.717) is 35.4 Å². The van der Waals surface area contributed by atoms with Crippen molar-refractivity contribution in [2.24, 2.45) is 0 Å². The number of aryl methyl sites for hydroxylation is 1. The number of rotatable bonds is 6. The molecule has 2 amide bonds. The second-order valence-corrected chi connectivity index (χ2v) is 13.9. The topological polar surface area (TPSA) is 140 Å². The van der Waals surface area contributed by atoms with E-state index < -0.39 is 28.8 Å². The number of halogens is 4. The van der Waals surface area contributed by atoms with E-state index in [1.54, 1.807) is 22.5 Å². The quantitative estimate of drug-likeness (QED) is 0.247. The van der Waals surface area contributed by atoms with Gasteiger partial charge in [0.1, 0.15) is 24.2 Å². The lowest BCUT2D eigenvalue weighted by molar-refractivity contribution is -0.137. The third-order valence-electron chi connectivity index (χ3n) is 10.1. The number of carbonyl (C=O) groups excluding carboxylic acids is 2. The summed E-state index contributed by atoms with van der Waals surface area (Å²) >= 11 is 6.15. The number of aromatic nitrogens is 6. The minimum absolute atomic E-state index is 0.0118. The highest BCUT2D eigenvalue weighted by Crippen LogP contribution is 2.43. The third kappa shape index (κ3) is 6.39. The maximum Gasteiger partial charge on any atom is 0.416 e. The Bertz CT molecular complexity index is 2310. The van der Waals surface area contributed by atoms with Crippen LogP contribution in [-0.2, 0) is 34.5 Å². The molecule has 2 saturated heterocycles. The second-order valence-electron chi connectivity index (χ2n) is 13.5. The molecule has 0 bridgehead atoms. The summed E-state index contributed by atoms with van der Waals surface area (Å²) in [6.07, 6.45) is -0.414. The molecule has 13 nitrogen and oxygen atoms in total. The molecule has 1 spiro atoms. The van der Waals surface area contributed by atoms with Crippen LogP contribution in [0.3, 0.4) is 0 Å². The monoisotopic (exact) mass is 747 g/mol. The number of fused-ring (bicyclic) bond motifs is 3. The summed E-state index contributed by atoms with van der Waals surface area (Å²) in [7, 11) is 0. The van der Waals surface area contributed by atoms with Crippen molar-refractivity contribution < 1.29 is 27.5 Å². The summed E-state index contributed by atoms with van der Waals surface area (Å²) < 4.78 is 48.9. The van der Waals surface area contributed by atoms with E-state index >= 15 is 0 Å². The predicted molar refractivity (Wildman–Crippen MR) is 188 cm³/mol. The maximum atomic E-state index is 14.4. The SMILES string of the molecule is Cc1cc(C(=O)N2CCC3(CC2)OCc2c3c(=O)n3nc(-c4ccc(N5CCCC5)cc4)nc3n2CC(=O)Nc2ccc(C(F)(F)F)cc2Cl)ncn1. The lowest BCUT2D eigenvalue weighted by Crippen LogP contribution is -2.47. The molecule has 3 aliphatic heterocycles. The first-order valence-corrected chi connectivity index (χ1v) is 17.5. The third-order valence-corrected chi connectivity index (χ3v) is 10.5. The summed E-state index contributed by atoms with van der Waals surface area (Å²) in [4.78, 5) is 58.1. The number of nitrogens with zero attached hydrogens (tertiary/aromatic N) is 8. The van der Waals surface area contributed by atoms with Gasteiger partial charge in [-0.3, -0.25) is 14.4 Å². The Labute approximate surface area is 305 Å². The number of carbonyl (C=O) groups is 2. The minimum Gasteiger partial charge on any atom is -0.372 e. The molecule has 274 valence electrons. The van der Waals surface area contributed by atoms with E-state index in [1.807, 2.05) is 24.3 Å². The Kier molecular flexibility index (Phi) is 8.68. The molecule has 0 radical (unpaired) electrons. The first kappa shape index (κ1) is 34.7. The Morgan fingerprint density at radius 1 is 1.00 bits per heavy atom. The van der Waals surface area contributed by atoms with Gasteiger partial charge in [0.25, 0.3) is 11.5 Å². The van der Waals surface area contributed by atoms with Crippen LogP contribution >= 0.6 is 11.6 Å². The van der Waals surface area contributed by atoms with Crippen LogP contribution in [0.1, 0.15) is 58.7 Å². The van der Waals surface area contributed by atoms with Crippen molar-refractivity contribution in [2.45, 2.75) is 57.5 Å². The van der Waals surface area contributed by atoms with Gasteiger partial charge >= 0.3 is 6.18 Å². The number of amides is 2. The van der Waals surface area contributed by atoms with Crippen molar-refractivity contribution in [3.8, 4) is 11.4 Å². The molecule has 17 heteroatoms. The first-order valence-electron chi connectivity index (χ1n) is 17.2. The number of piperidine rings is 1. The zero-order valence-corrected chi connectivity index (χ0v) is 29.2. The van der Waals surface area contributed by atoms with Crippen molar-refractivity contribution in [3.05, 3.63) is 98.4 Å². The number of hydrogen-bond donors (Lipinski definition) is 1. The van der Waals surface area contributed by atoms with Gasteiger partial charge in [-0.1, -0.05) is 11.6 Å². The predicted octanol–water partition coefficient (Wildman–Crippen LogP) is 5.23. The van der Waals surface area contributed by atoms with Gasteiger partial charge in [-0.05, 0) is 81.1 Å². The van der Waals surface area contributed by atoms with E-state index in [1.165, 1.54) is 10.8 Å². The zero-order valence-electron chi connectivity index (χ0n) is 28.5. The summed E-state index contributed by atoms with van der Waals surface area (Å²) in [6, 6.07) is 12.0. The minimum atomic E-state index is -4.61. The number of ether oxygens (including phenoxy) is 1. The molecule has 8 rings (SSSR count). The molecular weight excluding hydrogens is 715 g/mol. The molecule has 5 aromatic rings. The van der Waals surface area contributed by atoms with Gasteiger partial charge in [0.15, 0.2) is 5.82 Å². The zero-order chi connectivity index (χ0) is 37.1. The summed E-state index contributed by atoms with van der Waals surface area (Å²) in [5.74, 6) is -0.519. The number of anilines is 2. The molecule has 0 saturated carbocycles. The molecule has 0 unspecified atom stereocenters. The van der Waals surface area contributed by atoms with E-state index in [4.69, 9.17) is 21.3 Å². The van der Waals surface area contributed by atoms with Crippen LogP contribution in [0.25, 0.3) is 17.2 Å². The van der Waals surface area contributed by atoms with Crippen LogP contribution in [0.2, 0.25) is 5.02 Å². The molecule has 53 heavy (non-hydrogen) atoms. The van der Waals surface area contributed by atoms with Crippen molar-refractivity contribution >= 4 is 40.6 Å². The van der Waals surface area contributed by atoms with E-state index in [-0.39, 0.29) is 60.2 Å².